The van der Waals surface area contributed by atoms with Crippen LogP contribution in [0.1, 0.15) is 112 Å². The first kappa shape index (κ1) is 58.0. The summed E-state index contributed by atoms with van der Waals surface area (Å²) in [5, 5.41) is 16.3. The van der Waals surface area contributed by atoms with Gasteiger partial charge in [-0.15, -0.1) is 0 Å². The molecule has 0 bridgehead atoms. The molecular formula is C40H64N8O12S4. The van der Waals surface area contributed by atoms with Crippen LogP contribution in [0.25, 0.3) is 0 Å². The molecule has 0 spiro atoms. The molecule has 0 amide bonds. The summed E-state index contributed by atoms with van der Waals surface area (Å²) in [6.45, 7) is 17.9. The molecule has 360 valence electrons. The average molecular weight is 977 g/mol. The molecule has 64 heavy (non-hydrogen) atoms. The topological polar surface area (TPSA) is 299 Å². The largest absolute Gasteiger partial charge is 0.384 e. The van der Waals surface area contributed by atoms with E-state index in [1.54, 1.807) is 63.4 Å². The highest BCUT2D eigenvalue weighted by molar-refractivity contribution is 7.92. The number of hydrogen-bond acceptors (Lipinski definition) is 20. The Morgan fingerprint density at radius 3 is 0.766 bits per heavy atom. The number of aryl methyl sites for hydroxylation is 4. The van der Waals surface area contributed by atoms with Crippen molar-refractivity contribution in [2.24, 2.45) is 0 Å². The van der Waals surface area contributed by atoms with Crippen LogP contribution in [-0.2, 0) is 48.8 Å². The summed E-state index contributed by atoms with van der Waals surface area (Å²) in [5.74, 6) is 1.10. The van der Waals surface area contributed by atoms with E-state index in [9.17, 15) is 43.9 Å². The molecular weight excluding hydrogens is 913 g/mol. The highest BCUT2D eigenvalue weighted by Crippen LogP contribution is 2.24. The van der Waals surface area contributed by atoms with Crippen molar-refractivity contribution in [2.75, 3.05) is 38.2 Å². The van der Waals surface area contributed by atoms with E-state index in [1.807, 2.05) is 41.5 Å². The fraction of sp³-hybridized carbons (Fsp3) is 0.600. The van der Waals surface area contributed by atoms with E-state index in [4.69, 9.17) is 9.47 Å². The first-order valence-electron chi connectivity index (χ1n) is 19.8. The highest BCUT2D eigenvalue weighted by atomic mass is 32.2. The molecule has 0 fully saturated rings. The number of nitrogens with zero attached hydrogens (tertiary/aromatic N) is 8. The van der Waals surface area contributed by atoms with Crippen molar-refractivity contribution in [3.05, 3.63) is 95.1 Å². The lowest BCUT2D eigenvalue weighted by atomic mass is 10.2. The Morgan fingerprint density at radius 1 is 0.406 bits per heavy atom. The number of rotatable bonds is 16. The maximum absolute atomic E-state index is 11.6. The smallest absolute Gasteiger partial charge is 0.158 e. The van der Waals surface area contributed by atoms with E-state index in [0.717, 1.165) is 34.8 Å². The van der Waals surface area contributed by atoms with Crippen molar-refractivity contribution in [3.63, 3.8) is 0 Å². The molecule has 0 aromatic carbocycles. The second-order valence-electron chi connectivity index (χ2n) is 15.3. The summed E-state index contributed by atoms with van der Waals surface area (Å²) in [6.07, 6.45) is 13.7. The van der Waals surface area contributed by atoms with Crippen LogP contribution in [0, 0.1) is 27.7 Å². The summed E-state index contributed by atoms with van der Waals surface area (Å²) in [5.41, 5.74) is 3.57. The fourth-order valence-electron chi connectivity index (χ4n) is 4.75. The van der Waals surface area contributed by atoms with Gasteiger partial charge < -0.3 is 19.7 Å². The van der Waals surface area contributed by atoms with Gasteiger partial charge in [0, 0.05) is 87.8 Å². The fourth-order valence-corrected chi connectivity index (χ4v) is 7.22. The van der Waals surface area contributed by atoms with E-state index >= 15 is 0 Å². The van der Waals surface area contributed by atoms with Gasteiger partial charge in [-0.2, -0.15) is 0 Å². The number of hydrogen-bond donors (Lipinski definition) is 2. The minimum absolute atomic E-state index is 0.138. The molecule has 4 aromatic heterocycles. The third-order valence-electron chi connectivity index (χ3n) is 9.38. The molecule has 8 atom stereocenters. The zero-order valence-corrected chi connectivity index (χ0v) is 42.1. The lowest BCUT2D eigenvalue weighted by Gasteiger charge is -2.21. The van der Waals surface area contributed by atoms with Crippen molar-refractivity contribution < 1.29 is 53.4 Å². The number of sulfone groups is 4. The van der Waals surface area contributed by atoms with Crippen molar-refractivity contribution in [3.8, 4) is 0 Å². The maximum Gasteiger partial charge on any atom is 0.158 e. The molecule has 0 aliphatic carbocycles. The van der Waals surface area contributed by atoms with Crippen LogP contribution in [0.4, 0.5) is 0 Å². The minimum atomic E-state index is -3.29. The van der Waals surface area contributed by atoms with Gasteiger partial charge in [0.05, 0.1) is 21.0 Å². The second kappa shape index (κ2) is 25.6. The third kappa shape index (κ3) is 19.6. The predicted octanol–water partition coefficient (Wildman–Crippen LogP) is 3.09. The molecule has 4 rings (SSSR count). The molecule has 0 unspecified atom stereocenters. The van der Waals surface area contributed by atoms with Gasteiger partial charge in [0.1, 0.15) is 24.4 Å². The van der Waals surface area contributed by atoms with Crippen LogP contribution in [0.15, 0.2) is 49.6 Å². The van der Waals surface area contributed by atoms with Crippen LogP contribution in [0.5, 0.6) is 0 Å². The quantitative estimate of drug-likeness (QED) is 0.163. The van der Waals surface area contributed by atoms with Gasteiger partial charge in [-0.3, -0.25) is 0 Å². The van der Waals surface area contributed by atoms with E-state index in [1.165, 1.54) is 26.4 Å². The predicted molar refractivity (Wildman–Crippen MR) is 243 cm³/mol. The monoisotopic (exact) mass is 976 g/mol. The van der Waals surface area contributed by atoms with Crippen LogP contribution < -0.4 is 0 Å². The normalized spacial score (nSPS) is 15.8. The number of aromatic nitrogens is 8. The zero-order valence-electron chi connectivity index (χ0n) is 38.8. The van der Waals surface area contributed by atoms with E-state index in [-0.39, 0.29) is 11.6 Å². The van der Waals surface area contributed by atoms with Crippen LogP contribution in [0.3, 0.4) is 0 Å². The minimum Gasteiger partial charge on any atom is -0.384 e. The Kier molecular flexibility index (Phi) is 23.2. The molecule has 0 saturated carbocycles. The summed E-state index contributed by atoms with van der Waals surface area (Å²) in [6, 6.07) is 0. The van der Waals surface area contributed by atoms with Gasteiger partial charge >= 0.3 is 0 Å². The van der Waals surface area contributed by atoms with Gasteiger partial charge in [0.2, 0.25) is 0 Å². The average Bonchev–Trinajstić information content (AvgIpc) is 3.21. The lowest BCUT2D eigenvalue weighted by Crippen LogP contribution is -2.28. The van der Waals surface area contributed by atoms with Gasteiger partial charge in [0.15, 0.2) is 62.6 Å². The Balaban J connectivity index is 0.000000427. The zero-order chi connectivity index (χ0) is 49.4. The van der Waals surface area contributed by atoms with Gasteiger partial charge in [-0.1, -0.05) is 0 Å². The molecule has 20 nitrogen and oxygen atoms in total. The van der Waals surface area contributed by atoms with E-state index < -0.39 is 84.8 Å². The second-order valence-corrected chi connectivity index (χ2v) is 24.9. The summed E-state index contributed by atoms with van der Waals surface area (Å²) >= 11 is 0. The van der Waals surface area contributed by atoms with Gasteiger partial charge in [0.25, 0.3) is 0 Å². The van der Waals surface area contributed by atoms with E-state index in [0.29, 0.717) is 24.9 Å². The van der Waals surface area contributed by atoms with Crippen LogP contribution in [0.2, 0.25) is 0 Å². The van der Waals surface area contributed by atoms with Crippen molar-refractivity contribution in [1.82, 2.24) is 39.9 Å². The first-order chi connectivity index (χ1) is 29.4. The van der Waals surface area contributed by atoms with Crippen LogP contribution >= 0.6 is 0 Å². The Hall–Kier alpha value is -4.04. The molecule has 0 aliphatic heterocycles. The van der Waals surface area contributed by atoms with E-state index in [2.05, 4.69) is 39.9 Å². The number of aliphatic hydroxyl groups excluding tert-OH is 2. The maximum atomic E-state index is 11.6. The summed E-state index contributed by atoms with van der Waals surface area (Å²) < 4.78 is 102. The number of ether oxygens (including phenoxy) is 2. The van der Waals surface area contributed by atoms with Crippen molar-refractivity contribution >= 4 is 39.3 Å². The molecule has 0 aliphatic rings. The molecule has 4 aromatic rings. The highest BCUT2D eigenvalue weighted by Gasteiger charge is 2.32. The Bertz CT molecular complexity index is 2290. The van der Waals surface area contributed by atoms with Gasteiger partial charge in [-0.25, -0.2) is 73.5 Å². The number of aliphatic hydroxyl groups is 2. The lowest BCUT2D eigenvalue weighted by molar-refractivity contribution is 0.0556. The molecule has 0 radical (unpaired) electrons. The van der Waals surface area contributed by atoms with Crippen molar-refractivity contribution in [2.45, 2.75) is 115 Å². The third-order valence-corrected chi connectivity index (χ3v) is 15.8. The molecule has 4 heterocycles. The van der Waals surface area contributed by atoms with Crippen molar-refractivity contribution in [1.29, 1.82) is 0 Å². The Labute approximate surface area is 378 Å². The molecule has 0 saturated heterocycles. The Morgan fingerprint density at radius 2 is 0.594 bits per heavy atom. The molecule has 24 heteroatoms. The summed E-state index contributed by atoms with van der Waals surface area (Å²) in [4.78, 5) is 32.1. The first-order valence-corrected chi connectivity index (χ1v) is 27.7. The SMILES string of the molecule is CCO[C@@H](c1ncc(C)cn1)[C@@H](C)S(C)(=O)=O.CCO[C@H](c1ncc(C)cn1)[C@H](C)S(C)(=O)=O.Cc1cnc([C@@H](O)[C@H](C)S(C)(=O)=O)nc1.Cc1cnc([C@H](O)[C@@H](C)S(C)(=O)=O)nc1. The van der Waals surface area contributed by atoms with Crippen LogP contribution in [-0.4, -0.2) is 143 Å². The summed E-state index contributed by atoms with van der Waals surface area (Å²) in [7, 11) is -13.0. The standard InChI is InChI=1S/2C11H18N2O3S.2C9H14N2O3S/c2*1-5-16-10(9(3)17(4,14)15)11-12-6-8(2)7-13-11;2*1-6-4-10-9(11-5-6)8(12)7(2)15(3,13)14/h2*6-7,9-10H,5H2,1-4H3;2*4-5,7-8,12H,1-3H3/t2*9-,10-;2*7-,8-/m1010/s1. The van der Waals surface area contributed by atoms with Gasteiger partial charge in [-0.05, 0) is 91.5 Å². The molecule has 2 N–H and O–H groups in total.